The van der Waals surface area contributed by atoms with E-state index in [1.54, 1.807) is 6.07 Å². The number of rotatable bonds is 6. The van der Waals surface area contributed by atoms with E-state index in [2.05, 4.69) is 6.07 Å². The van der Waals surface area contributed by atoms with Crippen LogP contribution in [-0.2, 0) is 4.74 Å². The van der Waals surface area contributed by atoms with Gasteiger partial charge in [-0.1, -0.05) is 36.0 Å². The minimum atomic E-state index is 0.0388. The second-order valence-corrected chi connectivity index (χ2v) is 7.36. The molecule has 134 valence electrons. The summed E-state index contributed by atoms with van der Waals surface area (Å²) in [5.74, 6) is 0.454. The van der Waals surface area contributed by atoms with Gasteiger partial charge in [0, 0.05) is 35.4 Å². The molecule has 4 nitrogen and oxygen atoms in total. The van der Waals surface area contributed by atoms with Crippen LogP contribution in [0, 0.1) is 17.2 Å². The zero-order valence-electron chi connectivity index (χ0n) is 14.9. The highest BCUT2D eigenvalue weighted by Gasteiger charge is 2.24. The largest absolute Gasteiger partial charge is 0.381 e. The van der Waals surface area contributed by atoms with Crippen LogP contribution in [0.15, 0.2) is 58.3 Å². The molecule has 2 aromatic carbocycles. The monoisotopic (exact) mass is 366 g/mol. The first-order valence-corrected chi connectivity index (χ1v) is 9.67. The quantitative estimate of drug-likeness (QED) is 0.768. The van der Waals surface area contributed by atoms with Gasteiger partial charge in [0.05, 0.1) is 17.7 Å². The normalized spacial score (nSPS) is 16.2. The van der Waals surface area contributed by atoms with Crippen LogP contribution in [-0.4, -0.2) is 37.1 Å². The summed E-state index contributed by atoms with van der Waals surface area (Å²) >= 11 is 1.47. The van der Waals surface area contributed by atoms with Crippen molar-refractivity contribution in [3.63, 3.8) is 0 Å². The SMILES string of the molecule is CCN(CC1CCOC1)C(=O)c1ccccc1Sc1ccccc1C#N. The molecule has 26 heavy (non-hydrogen) atoms. The summed E-state index contributed by atoms with van der Waals surface area (Å²) < 4.78 is 5.44. The first kappa shape index (κ1) is 18.5. The van der Waals surface area contributed by atoms with E-state index in [0.29, 0.717) is 23.6 Å². The molecule has 0 aromatic heterocycles. The van der Waals surface area contributed by atoms with Crippen molar-refractivity contribution in [3.8, 4) is 6.07 Å². The molecular weight excluding hydrogens is 344 g/mol. The van der Waals surface area contributed by atoms with Crippen LogP contribution in [0.25, 0.3) is 0 Å². The van der Waals surface area contributed by atoms with Crippen LogP contribution < -0.4 is 0 Å². The van der Waals surface area contributed by atoms with Crippen LogP contribution >= 0.6 is 11.8 Å². The molecule has 1 aliphatic rings. The first-order chi connectivity index (χ1) is 12.7. The average molecular weight is 366 g/mol. The molecule has 1 heterocycles. The molecule has 5 heteroatoms. The molecule has 1 aliphatic heterocycles. The van der Waals surface area contributed by atoms with Gasteiger partial charge in [0.2, 0.25) is 0 Å². The summed E-state index contributed by atoms with van der Waals surface area (Å²) in [6.45, 7) is 4.92. The van der Waals surface area contributed by atoms with E-state index in [1.165, 1.54) is 11.8 Å². The minimum absolute atomic E-state index is 0.0388. The molecule has 0 spiro atoms. The molecule has 0 radical (unpaired) electrons. The van der Waals surface area contributed by atoms with Crippen molar-refractivity contribution in [3.05, 3.63) is 59.7 Å². The number of nitriles is 1. The van der Waals surface area contributed by atoms with E-state index in [1.807, 2.05) is 54.3 Å². The Hall–Kier alpha value is -2.29. The molecule has 1 amide bonds. The predicted molar refractivity (Wildman–Crippen MR) is 102 cm³/mol. The third kappa shape index (κ3) is 4.27. The van der Waals surface area contributed by atoms with Crippen molar-refractivity contribution in [2.24, 2.45) is 5.92 Å². The van der Waals surface area contributed by atoms with Gasteiger partial charge >= 0.3 is 0 Å². The molecule has 1 fully saturated rings. The number of hydrogen-bond acceptors (Lipinski definition) is 4. The van der Waals surface area contributed by atoms with E-state index in [0.717, 1.165) is 36.0 Å². The van der Waals surface area contributed by atoms with Crippen LogP contribution in [0.1, 0.15) is 29.3 Å². The number of amides is 1. The smallest absolute Gasteiger partial charge is 0.255 e. The lowest BCUT2D eigenvalue weighted by atomic mass is 10.1. The number of nitrogens with zero attached hydrogens (tertiary/aromatic N) is 2. The summed E-state index contributed by atoms with van der Waals surface area (Å²) in [5, 5.41) is 9.31. The summed E-state index contributed by atoms with van der Waals surface area (Å²) in [7, 11) is 0. The third-order valence-electron chi connectivity index (χ3n) is 4.52. The summed E-state index contributed by atoms with van der Waals surface area (Å²) in [5.41, 5.74) is 1.31. The van der Waals surface area contributed by atoms with Crippen LogP contribution in [0.2, 0.25) is 0 Å². The molecule has 0 saturated carbocycles. The Morgan fingerprint density at radius 3 is 2.65 bits per heavy atom. The van der Waals surface area contributed by atoms with Gasteiger partial charge in [-0.2, -0.15) is 5.26 Å². The summed E-state index contributed by atoms with van der Waals surface area (Å²) in [6.07, 6.45) is 1.01. The fourth-order valence-corrected chi connectivity index (χ4v) is 4.08. The Bertz CT molecular complexity index is 810. The minimum Gasteiger partial charge on any atom is -0.381 e. The van der Waals surface area contributed by atoms with E-state index in [9.17, 15) is 10.1 Å². The zero-order valence-corrected chi connectivity index (χ0v) is 15.7. The maximum Gasteiger partial charge on any atom is 0.255 e. The topological polar surface area (TPSA) is 53.3 Å². The van der Waals surface area contributed by atoms with Gasteiger partial charge in [-0.25, -0.2) is 0 Å². The second-order valence-electron chi connectivity index (χ2n) is 6.28. The fraction of sp³-hybridized carbons (Fsp3) is 0.333. The molecule has 0 aliphatic carbocycles. The van der Waals surface area contributed by atoms with Gasteiger partial charge in [0.25, 0.3) is 5.91 Å². The molecule has 1 unspecified atom stereocenters. The highest BCUT2D eigenvalue weighted by Crippen LogP contribution is 2.33. The highest BCUT2D eigenvalue weighted by atomic mass is 32.2. The van der Waals surface area contributed by atoms with Crippen molar-refractivity contribution in [2.75, 3.05) is 26.3 Å². The Morgan fingerprint density at radius 1 is 1.23 bits per heavy atom. The lowest BCUT2D eigenvalue weighted by molar-refractivity contribution is 0.0727. The standard InChI is InChI=1S/C21H22N2O2S/c1-2-23(14-16-11-12-25-15-16)21(24)18-8-4-6-10-20(18)26-19-9-5-3-7-17(19)13-22/h3-10,16H,2,11-12,14-15H2,1H3. The highest BCUT2D eigenvalue weighted by molar-refractivity contribution is 7.99. The average Bonchev–Trinajstić information content (AvgIpc) is 3.19. The molecule has 2 aromatic rings. The van der Waals surface area contributed by atoms with Crippen molar-refractivity contribution >= 4 is 17.7 Å². The molecular formula is C21H22N2O2S. The number of ether oxygens (including phenoxy) is 1. The lowest BCUT2D eigenvalue weighted by Gasteiger charge is -2.24. The van der Waals surface area contributed by atoms with Gasteiger partial charge in [0.1, 0.15) is 6.07 Å². The van der Waals surface area contributed by atoms with Crippen molar-refractivity contribution in [2.45, 2.75) is 23.1 Å². The second kappa shape index (κ2) is 8.88. The summed E-state index contributed by atoms with van der Waals surface area (Å²) in [4.78, 5) is 16.8. The predicted octanol–water partition coefficient (Wildman–Crippen LogP) is 4.21. The molecule has 3 rings (SSSR count). The molecule has 1 saturated heterocycles. The molecule has 0 N–H and O–H groups in total. The van der Waals surface area contributed by atoms with Gasteiger partial charge in [-0.3, -0.25) is 4.79 Å². The van der Waals surface area contributed by atoms with Gasteiger partial charge in [0.15, 0.2) is 0 Å². The van der Waals surface area contributed by atoms with Gasteiger partial charge in [-0.15, -0.1) is 0 Å². The number of carbonyl (C=O) groups is 1. The molecule has 1 atom stereocenters. The van der Waals surface area contributed by atoms with Crippen molar-refractivity contribution in [1.29, 1.82) is 5.26 Å². The van der Waals surface area contributed by atoms with Crippen molar-refractivity contribution < 1.29 is 9.53 Å². The number of hydrogen-bond donors (Lipinski definition) is 0. The maximum atomic E-state index is 13.1. The maximum absolute atomic E-state index is 13.1. The van der Waals surface area contributed by atoms with Crippen LogP contribution in [0.3, 0.4) is 0 Å². The van der Waals surface area contributed by atoms with E-state index < -0.39 is 0 Å². The third-order valence-corrected chi connectivity index (χ3v) is 5.67. The number of carbonyl (C=O) groups excluding carboxylic acids is 1. The van der Waals surface area contributed by atoms with E-state index >= 15 is 0 Å². The Morgan fingerprint density at radius 2 is 1.96 bits per heavy atom. The number of benzene rings is 2. The molecule has 0 bridgehead atoms. The fourth-order valence-electron chi connectivity index (χ4n) is 3.06. The Kier molecular flexibility index (Phi) is 6.32. The first-order valence-electron chi connectivity index (χ1n) is 8.86. The van der Waals surface area contributed by atoms with Crippen molar-refractivity contribution in [1.82, 2.24) is 4.90 Å². The van der Waals surface area contributed by atoms with E-state index in [-0.39, 0.29) is 5.91 Å². The Balaban J connectivity index is 1.83. The lowest BCUT2D eigenvalue weighted by Crippen LogP contribution is -2.35. The van der Waals surface area contributed by atoms with Crippen LogP contribution in [0.4, 0.5) is 0 Å². The zero-order chi connectivity index (χ0) is 18.4. The van der Waals surface area contributed by atoms with Crippen LogP contribution in [0.5, 0.6) is 0 Å². The van der Waals surface area contributed by atoms with Gasteiger partial charge in [-0.05, 0) is 37.6 Å². The Labute approximate surface area is 158 Å². The summed E-state index contributed by atoms with van der Waals surface area (Å²) in [6, 6.07) is 17.3. The van der Waals surface area contributed by atoms with Gasteiger partial charge < -0.3 is 9.64 Å². The van der Waals surface area contributed by atoms with E-state index in [4.69, 9.17) is 4.74 Å².